The number of piperidine rings is 1. The van der Waals surface area contributed by atoms with Crippen LogP contribution in [0.15, 0.2) is 0 Å². The molecule has 92 valence electrons. The first-order valence-corrected chi connectivity index (χ1v) is 6.42. The Kier molecular flexibility index (Phi) is 3.82. The van der Waals surface area contributed by atoms with Crippen LogP contribution < -0.4 is 0 Å². The maximum atomic E-state index is 10.8. The van der Waals surface area contributed by atoms with E-state index >= 15 is 0 Å². The van der Waals surface area contributed by atoms with Gasteiger partial charge in [0.2, 0.25) is 0 Å². The first-order valence-electron chi connectivity index (χ1n) is 6.42. The number of fused-ring (bicyclic) bond motifs is 1. The minimum atomic E-state index is -0.698. The maximum absolute atomic E-state index is 10.8. The Bertz CT molecular complexity index is 257. The lowest BCUT2D eigenvalue weighted by Gasteiger charge is -2.36. The van der Waals surface area contributed by atoms with E-state index in [1.807, 2.05) is 0 Å². The quantitative estimate of drug-likeness (QED) is 0.777. The Labute approximate surface area is 97.2 Å². The van der Waals surface area contributed by atoms with Crippen LogP contribution in [0.1, 0.15) is 32.6 Å². The number of carbonyl (C=O) groups is 1. The lowest BCUT2D eigenvalue weighted by molar-refractivity contribution is -0.139. The van der Waals surface area contributed by atoms with Crippen molar-refractivity contribution >= 4 is 5.97 Å². The van der Waals surface area contributed by atoms with Gasteiger partial charge in [0.15, 0.2) is 0 Å². The first kappa shape index (κ1) is 11.9. The molecule has 2 aliphatic rings. The van der Waals surface area contributed by atoms with Gasteiger partial charge >= 0.3 is 5.97 Å². The van der Waals surface area contributed by atoms with Crippen molar-refractivity contribution in [3.63, 3.8) is 0 Å². The molecule has 2 saturated heterocycles. The van der Waals surface area contributed by atoms with E-state index in [0.717, 1.165) is 19.5 Å². The highest BCUT2D eigenvalue weighted by molar-refractivity contribution is 5.69. The Balaban J connectivity index is 1.99. The van der Waals surface area contributed by atoms with Crippen LogP contribution in [0, 0.1) is 0 Å². The normalized spacial score (nSPS) is 30.6. The summed E-state index contributed by atoms with van der Waals surface area (Å²) >= 11 is 0. The standard InChI is InChI=1S/C12H22N2O2/c1-2-13(9-12(15)16)11-6-8-14-7-4-3-5-10(11)14/h10-11H,2-9H2,1H3,(H,15,16). The molecule has 4 nitrogen and oxygen atoms in total. The van der Waals surface area contributed by atoms with Crippen LogP contribution in [-0.4, -0.2) is 59.1 Å². The number of carboxylic acids is 1. The summed E-state index contributed by atoms with van der Waals surface area (Å²) in [5.41, 5.74) is 0. The van der Waals surface area contributed by atoms with Crippen molar-refractivity contribution in [2.75, 3.05) is 26.2 Å². The molecular formula is C12H22N2O2. The molecule has 0 aliphatic carbocycles. The SMILES string of the molecule is CCN(CC(=O)O)C1CCN2CCCCC12. The summed E-state index contributed by atoms with van der Waals surface area (Å²) in [4.78, 5) is 15.5. The lowest BCUT2D eigenvalue weighted by atomic mass is 9.98. The zero-order valence-electron chi connectivity index (χ0n) is 10.1. The summed E-state index contributed by atoms with van der Waals surface area (Å²) in [6, 6.07) is 1.09. The second-order valence-corrected chi connectivity index (χ2v) is 4.91. The summed E-state index contributed by atoms with van der Waals surface area (Å²) in [6.07, 6.45) is 5.02. The molecular weight excluding hydrogens is 204 g/mol. The highest BCUT2D eigenvalue weighted by atomic mass is 16.4. The van der Waals surface area contributed by atoms with Gasteiger partial charge in [-0.3, -0.25) is 14.6 Å². The topological polar surface area (TPSA) is 43.8 Å². The number of aliphatic carboxylic acids is 1. The molecule has 0 saturated carbocycles. The summed E-state index contributed by atoms with van der Waals surface area (Å²) < 4.78 is 0. The van der Waals surface area contributed by atoms with Crippen molar-refractivity contribution in [2.45, 2.75) is 44.7 Å². The third-order valence-electron chi connectivity index (χ3n) is 4.03. The van der Waals surface area contributed by atoms with Gasteiger partial charge in [0, 0.05) is 18.6 Å². The zero-order valence-corrected chi connectivity index (χ0v) is 10.1. The summed E-state index contributed by atoms with van der Waals surface area (Å²) in [5, 5.41) is 8.92. The lowest BCUT2D eigenvalue weighted by Crippen LogP contribution is -2.48. The van der Waals surface area contributed by atoms with Crippen LogP contribution in [0.4, 0.5) is 0 Å². The van der Waals surface area contributed by atoms with Gasteiger partial charge in [0.1, 0.15) is 0 Å². The van der Waals surface area contributed by atoms with Crippen molar-refractivity contribution in [3.05, 3.63) is 0 Å². The first-order chi connectivity index (χ1) is 7.72. The third kappa shape index (κ3) is 2.38. The number of hydrogen-bond acceptors (Lipinski definition) is 3. The van der Waals surface area contributed by atoms with Crippen molar-refractivity contribution in [1.29, 1.82) is 0 Å². The highest BCUT2D eigenvalue weighted by Gasteiger charge is 2.38. The Morgan fingerprint density at radius 2 is 2.19 bits per heavy atom. The molecule has 0 aromatic rings. The second kappa shape index (κ2) is 5.15. The predicted molar refractivity (Wildman–Crippen MR) is 62.5 cm³/mol. The van der Waals surface area contributed by atoms with Gasteiger partial charge in [-0.15, -0.1) is 0 Å². The minimum Gasteiger partial charge on any atom is -0.480 e. The van der Waals surface area contributed by atoms with Crippen molar-refractivity contribution in [3.8, 4) is 0 Å². The Hall–Kier alpha value is -0.610. The smallest absolute Gasteiger partial charge is 0.317 e. The molecule has 16 heavy (non-hydrogen) atoms. The molecule has 0 spiro atoms. The van der Waals surface area contributed by atoms with Crippen LogP contribution in [0.5, 0.6) is 0 Å². The van der Waals surface area contributed by atoms with Gasteiger partial charge in [-0.1, -0.05) is 13.3 Å². The van der Waals surface area contributed by atoms with Crippen molar-refractivity contribution in [1.82, 2.24) is 9.80 Å². The number of nitrogens with zero attached hydrogens (tertiary/aromatic N) is 2. The number of hydrogen-bond donors (Lipinski definition) is 1. The van der Waals surface area contributed by atoms with E-state index in [1.165, 1.54) is 25.8 Å². The average molecular weight is 226 g/mol. The van der Waals surface area contributed by atoms with Crippen LogP contribution in [-0.2, 0) is 4.79 Å². The summed E-state index contributed by atoms with van der Waals surface area (Å²) in [7, 11) is 0. The highest BCUT2D eigenvalue weighted by Crippen LogP contribution is 2.30. The molecule has 0 aromatic carbocycles. The molecule has 4 heteroatoms. The molecule has 2 fully saturated rings. The van der Waals surface area contributed by atoms with Crippen molar-refractivity contribution in [2.24, 2.45) is 0 Å². The van der Waals surface area contributed by atoms with E-state index in [4.69, 9.17) is 5.11 Å². The Morgan fingerprint density at radius 3 is 2.88 bits per heavy atom. The van der Waals surface area contributed by atoms with Gasteiger partial charge in [-0.2, -0.15) is 0 Å². The molecule has 0 amide bonds. The van der Waals surface area contributed by atoms with Crippen LogP contribution in [0.2, 0.25) is 0 Å². The molecule has 2 unspecified atom stereocenters. The fourth-order valence-corrected chi connectivity index (χ4v) is 3.28. The maximum Gasteiger partial charge on any atom is 0.317 e. The summed E-state index contributed by atoms with van der Waals surface area (Å²) in [6.45, 7) is 5.48. The number of carboxylic acid groups (broad SMARTS) is 1. The molecule has 0 bridgehead atoms. The number of likely N-dealkylation sites (N-methyl/N-ethyl adjacent to an activating group) is 1. The van der Waals surface area contributed by atoms with Gasteiger partial charge in [-0.05, 0) is 32.4 Å². The minimum absolute atomic E-state index is 0.200. The molecule has 0 radical (unpaired) electrons. The van der Waals surface area contributed by atoms with Crippen LogP contribution >= 0.6 is 0 Å². The largest absolute Gasteiger partial charge is 0.480 e. The molecule has 0 aromatic heterocycles. The predicted octanol–water partition coefficient (Wildman–Crippen LogP) is 1.02. The van der Waals surface area contributed by atoms with E-state index in [9.17, 15) is 4.79 Å². The monoisotopic (exact) mass is 226 g/mol. The van der Waals surface area contributed by atoms with E-state index in [1.54, 1.807) is 0 Å². The van der Waals surface area contributed by atoms with E-state index < -0.39 is 5.97 Å². The summed E-state index contributed by atoms with van der Waals surface area (Å²) in [5.74, 6) is -0.698. The van der Waals surface area contributed by atoms with Gasteiger partial charge < -0.3 is 5.11 Å². The van der Waals surface area contributed by atoms with Gasteiger partial charge in [0.25, 0.3) is 0 Å². The van der Waals surface area contributed by atoms with Crippen LogP contribution in [0.3, 0.4) is 0 Å². The van der Waals surface area contributed by atoms with Gasteiger partial charge in [-0.25, -0.2) is 0 Å². The molecule has 2 heterocycles. The third-order valence-corrected chi connectivity index (χ3v) is 4.03. The van der Waals surface area contributed by atoms with E-state index in [-0.39, 0.29) is 6.54 Å². The fraction of sp³-hybridized carbons (Fsp3) is 0.917. The molecule has 2 rings (SSSR count). The van der Waals surface area contributed by atoms with E-state index in [2.05, 4.69) is 16.7 Å². The molecule has 2 atom stereocenters. The van der Waals surface area contributed by atoms with Crippen molar-refractivity contribution < 1.29 is 9.90 Å². The fourth-order valence-electron chi connectivity index (χ4n) is 3.28. The second-order valence-electron chi connectivity index (χ2n) is 4.91. The zero-order chi connectivity index (χ0) is 11.5. The molecule has 2 aliphatic heterocycles. The van der Waals surface area contributed by atoms with Crippen LogP contribution in [0.25, 0.3) is 0 Å². The number of rotatable bonds is 4. The average Bonchev–Trinajstić information content (AvgIpc) is 2.69. The molecule has 1 N–H and O–H groups in total. The van der Waals surface area contributed by atoms with Gasteiger partial charge in [0.05, 0.1) is 6.54 Å². The van der Waals surface area contributed by atoms with E-state index in [0.29, 0.717) is 12.1 Å². The Morgan fingerprint density at radius 1 is 1.38 bits per heavy atom.